The second-order valence-corrected chi connectivity index (χ2v) is 6.66. The summed E-state index contributed by atoms with van der Waals surface area (Å²) in [5.74, 6) is -0.815. The maximum Gasteiger partial charge on any atom is 0.320 e. The van der Waals surface area contributed by atoms with Crippen molar-refractivity contribution < 1.29 is 14.7 Å². The number of hydrogen-bond donors (Lipinski definition) is 2. The zero-order valence-corrected chi connectivity index (χ0v) is 12.6. The van der Waals surface area contributed by atoms with Crippen molar-refractivity contribution in [2.45, 2.75) is 65.1 Å². The van der Waals surface area contributed by atoms with Gasteiger partial charge in [0.2, 0.25) is 5.91 Å². The number of aliphatic carboxylic acids is 1. The van der Waals surface area contributed by atoms with Gasteiger partial charge in [0.25, 0.3) is 0 Å². The molecule has 0 radical (unpaired) electrons. The molecule has 0 aromatic rings. The van der Waals surface area contributed by atoms with E-state index in [1.807, 2.05) is 39.5 Å². The molecule has 5 nitrogen and oxygen atoms in total. The van der Waals surface area contributed by atoms with Crippen LogP contribution < -0.4 is 5.32 Å². The van der Waals surface area contributed by atoms with Crippen molar-refractivity contribution in [2.75, 3.05) is 6.54 Å². The summed E-state index contributed by atoms with van der Waals surface area (Å²) in [5, 5.41) is 12.2. The van der Waals surface area contributed by atoms with Gasteiger partial charge in [-0.05, 0) is 46.1 Å². The average molecular weight is 270 g/mol. The third-order valence-electron chi connectivity index (χ3n) is 3.33. The second-order valence-electron chi connectivity index (χ2n) is 6.66. The van der Waals surface area contributed by atoms with Crippen molar-refractivity contribution in [3.05, 3.63) is 0 Å². The van der Waals surface area contributed by atoms with Crippen molar-refractivity contribution in [1.82, 2.24) is 10.2 Å². The number of carboxylic acid groups (broad SMARTS) is 1. The standard InChI is InChI=1S/C14H26N2O3/c1-9(2)11(12(17)15-14(3,4)5)16-8-6-7-10(16)13(18)19/h9-11H,6-8H2,1-5H3,(H,15,17)(H,18,19)/t10?,11-/m0/s1. The Morgan fingerprint density at radius 3 is 2.32 bits per heavy atom. The van der Waals surface area contributed by atoms with E-state index in [0.29, 0.717) is 13.0 Å². The number of carbonyl (C=O) groups is 2. The molecule has 5 heteroatoms. The van der Waals surface area contributed by atoms with Gasteiger partial charge in [0.05, 0.1) is 6.04 Å². The topological polar surface area (TPSA) is 69.6 Å². The van der Waals surface area contributed by atoms with Gasteiger partial charge in [0, 0.05) is 5.54 Å². The molecular formula is C14H26N2O3. The molecule has 0 saturated carbocycles. The van der Waals surface area contributed by atoms with Gasteiger partial charge in [-0.1, -0.05) is 13.8 Å². The Morgan fingerprint density at radius 1 is 1.32 bits per heavy atom. The van der Waals surface area contributed by atoms with Crippen LogP contribution in [0.3, 0.4) is 0 Å². The van der Waals surface area contributed by atoms with Gasteiger partial charge in [0.15, 0.2) is 0 Å². The maximum absolute atomic E-state index is 12.4. The molecule has 0 aromatic carbocycles. The average Bonchev–Trinajstić information content (AvgIpc) is 2.62. The predicted molar refractivity (Wildman–Crippen MR) is 73.9 cm³/mol. The van der Waals surface area contributed by atoms with E-state index in [4.69, 9.17) is 0 Å². The zero-order valence-electron chi connectivity index (χ0n) is 12.6. The van der Waals surface area contributed by atoms with Crippen molar-refractivity contribution in [2.24, 2.45) is 5.92 Å². The molecule has 1 aliphatic heterocycles. The van der Waals surface area contributed by atoms with Crippen LogP contribution in [0.5, 0.6) is 0 Å². The minimum atomic E-state index is -0.827. The first-order valence-corrected chi connectivity index (χ1v) is 6.94. The van der Waals surface area contributed by atoms with E-state index in [1.165, 1.54) is 0 Å². The number of carboxylic acids is 1. The number of nitrogens with zero attached hydrogens (tertiary/aromatic N) is 1. The van der Waals surface area contributed by atoms with Gasteiger partial charge in [-0.15, -0.1) is 0 Å². The van der Waals surface area contributed by atoms with E-state index < -0.39 is 12.0 Å². The molecule has 1 rings (SSSR count). The molecule has 0 bridgehead atoms. The highest BCUT2D eigenvalue weighted by atomic mass is 16.4. The molecule has 0 aromatic heterocycles. The summed E-state index contributed by atoms with van der Waals surface area (Å²) in [4.78, 5) is 25.5. The number of amides is 1. The van der Waals surface area contributed by atoms with Gasteiger partial charge in [-0.25, -0.2) is 0 Å². The molecule has 1 unspecified atom stereocenters. The van der Waals surface area contributed by atoms with E-state index in [0.717, 1.165) is 6.42 Å². The van der Waals surface area contributed by atoms with Crippen LogP contribution in [0.1, 0.15) is 47.5 Å². The molecule has 1 aliphatic rings. The lowest BCUT2D eigenvalue weighted by Gasteiger charge is -2.35. The Bertz CT molecular complexity index is 347. The third-order valence-corrected chi connectivity index (χ3v) is 3.33. The Hall–Kier alpha value is -1.10. The monoisotopic (exact) mass is 270 g/mol. The molecular weight excluding hydrogens is 244 g/mol. The fraction of sp³-hybridized carbons (Fsp3) is 0.857. The van der Waals surface area contributed by atoms with Gasteiger partial charge in [-0.2, -0.15) is 0 Å². The van der Waals surface area contributed by atoms with Gasteiger partial charge < -0.3 is 10.4 Å². The van der Waals surface area contributed by atoms with Crippen molar-refractivity contribution in [3.8, 4) is 0 Å². The molecule has 0 spiro atoms. The fourth-order valence-electron chi connectivity index (χ4n) is 2.67. The lowest BCUT2D eigenvalue weighted by molar-refractivity contribution is -0.145. The van der Waals surface area contributed by atoms with Crippen molar-refractivity contribution in [3.63, 3.8) is 0 Å². The number of rotatable bonds is 4. The first-order valence-electron chi connectivity index (χ1n) is 6.94. The Morgan fingerprint density at radius 2 is 1.89 bits per heavy atom. The first kappa shape index (κ1) is 16.0. The number of nitrogens with one attached hydrogen (secondary N) is 1. The van der Waals surface area contributed by atoms with Crippen LogP contribution in [0, 0.1) is 5.92 Å². The summed E-state index contributed by atoms with van der Waals surface area (Å²) in [6.07, 6.45) is 1.46. The van der Waals surface area contributed by atoms with Gasteiger partial charge in [0.1, 0.15) is 6.04 Å². The van der Waals surface area contributed by atoms with Crippen LogP contribution in [0.25, 0.3) is 0 Å². The summed E-state index contributed by atoms with van der Waals surface area (Å²) in [7, 11) is 0. The van der Waals surface area contributed by atoms with E-state index in [9.17, 15) is 14.7 Å². The summed E-state index contributed by atoms with van der Waals surface area (Å²) in [5.41, 5.74) is -0.303. The van der Waals surface area contributed by atoms with Crippen LogP contribution in [-0.2, 0) is 9.59 Å². The largest absolute Gasteiger partial charge is 0.480 e. The second kappa shape index (κ2) is 5.90. The lowest BCUT2D eigenvalue weighted by atomic mass is 9.98. The van der Waals surface area contributed by atoms with Gasteiger partial charge >= 0.3 is 5.97 Å². The zero-order chi connectivity index (χ0) is 14.8. The lowest BCUT2D eigenvalue weighted by Crippen LogP contribution is -2.56. The molecule has 1 saturated heterocycles. The third kappa shape index (κ3) is 4.20. The van der Waals surface area contributed by atoms with E-state index in [-0.39, 0.29) is 23.4 Å². The SMILES string of the molecule is CC(C)[C@@H](C(=O)NC(C)(C)C)N1CCCC1C(=O)O. The molecule has 0 aliphatic carbocycles. The molecule has 1 amide bonds. The smallest absolute Gasteiger partial charge is 0.320 e. The summed E-state index contributed by atoms with van der Waals surface area (Å²) in [6, 6.07) is -0.902. The quantitative estimate of drug-likeness (QED) is 0.811. The number of likely N-dealkylation sites (tertiary alicyclic amines) is 1. The van der Waals surface area contributed by atoms with Crippen molar-refractivity contribution >= 4 is 11.9 Å². The minimum absolute atomic E-state index is 0.0735. The minimum Gasteiger partial charge on any atom is -0.480 e. The molecule has 2 N–H and O–H groups in total. The van der Waals surface area contributed by atoms with Crippen LogP contribution in [0.15, 0.2) is 0 Å². The first-order chi connectivity index (χ1) is 8.63. The Kier molecular flexibility index (Phi) is 4.96. The van der Waals surface area contributed by atoms with E-state index >= 15 is 0 Å². The molecule has 19 heavy (non-hydrogen) atoms. The Balaban J connectivity index is 2.88. The summed E-state index contributed by atoms with van der Waals surface area (Å²) < 4.78 is 0. The highest BCUT2D eigenvalue weighted by molar-refractivity contribution is 5.84. The summed E-state index contributed by atoms with van der Waals surface area (Å²) in [6.45, 7) is 10.4. The van der Waals surface area contributed by atoms with Gasteiger partial charge in [-0.3, -0.25) is 14.5 Å². The Labute approximate surface area is 115 Å². The highest BCUT2D eigenvalue weighted by Crippen LogP contribution is 2.24. The van der Waals surface area contributed by atoms with Crippen LogP contribution in [0.2, 0.25) is 0 Å². The highest BCUT2D eigenvalue weighted by Gasteiger charge is 2.40. The molecule has 2 atom stereocenters. The van der Waals surface area contributed by atoms with Crippen LogP contribution in [0.4, 0.5) is 0 Å². The van der Waals surface area contributed by atoms with E-state index in [1.54, 1.807) is 0 Å². The molecule has 110 valence electrons. The molecule has 1 heterocycles. The summed E-state index contributed by atoms with van der Waals surface area (Å²) >= 11 is 0. The van der Waals surface area contributed by atoms with E-state index in [2.05, 4.69) is 5.32 Å². The fourth-order valence-corrected chi connectivity index (χ4v) is 2.67. The number of hydrogen-bond acceptors (Lipinski definition) is 3. The predicted octanol–water partition coefficient (Wildman–Crippen LogP) is 1.47. The maximum atomic E-state index is 12.4. The number of carbonyl (C=O) groups excluding carboxylic acids is 1. The normalized spacial score (nSPS) is 22.5. The van der Waals surface area contributed by atoms with Crippen LogP contribution in [-0.4, -0.2) is 46.1 Å². The molecule has 1 fully saturated rings. The van der Waals surface area contributed by atoms with Crippen LogP contribution >= 0.6 is 0 Å². The van der Waals surface area contributed by atoms with Crippen molar-refractivity contribution in [1.29, 1.82) is 0 Å².